The van der Waals surface area contributed by atoms with E-state index in [-0.39, 0.29) is 22.9 Å². The van der Waals surface area contributed by atoms with Gasteiger partial charge in [-0.3, -0.25) is 0 Å². The zero-order valence-electron chi connectivity index (χ0n) is 17.0. The monoisotopic (exact) mass is 433 g/mol. The van der Waals surface area contributed by atoms with E-state index < -0.39 is 40.7 Å². The highest BCUT2D eigenvalue weighted by atomic mass is 19.3. The average molecular weight is 433 g/mol. The van der Waals surface area contributed by atoms with Crippen LogP contribution in [0.15, 0.2) is 51.9 Å². The number of aromatic hydroxyl groups is 1. The van der Waals surface area contributed by atoms with E-state index in [1.807, 2.05) is 0 Å². The Hall–Kier alpha value is -3.00. The SMILES string of the molecule is CC[C@H]1C[C@](O)(C(C)(F)F)[C@@H](Nc2cccc3c(=O)occc23)c2ccc(F)c(O)c21. The van der Waals surface area contributed by atoms with Gasteiger partial charge in [-0.05, 0) is 48.6 Å². The van der Waals surface area contributed by atoms with E-state index in [2.05, 4.69) is 5.32 Å². The third-order valence-electron chi connectivity index (χ3n) is 6.24. The number of hydrogen-bond donors (Lipinski definition) is 3. The van der Waals surface area contributed by atoms with E-state index >= 15 is 0 Å². The number of alkyl halides is 2. The van der Waals surface area contributed by atoms with E-state index in [9.17, 15) is 28.2 Å². The second kappa shape index (κ2) is 7.30. The number of hydrogen-bond acceptors (Lipinski definition) is 5. The Morgan fingerprint density at radius 3 is 2.65 bits per heavy atom. The minimum Gasteiger partial charge on any atom is -0.505 e. The van der Waals surface area contributed by atoms with Crippen molar-refractivity contribution in [2.45, 2.75) is 50.2 Å². The summed E-state index contributed by atoms with van der Waals surface area (Å²) in [6.45, 7) is 2.37. The predicted octanol–water partition coefficient (Wildman–Crippen LogP) is 5.07. The van der Waals surface area contributed by atoms with Crippen molar-refractivity contribution in [2.75, 3.05) is 5.32 Å². The van der Waals surface area contributed by atoms with E-state index in [4.69, 9.17) is 4.42 Å². The molecule has 1 heterocycles. The number of anilines is 1. The molecule has 0 spiro atoms. The van der Waals surface area contributed by atoms with Gasteiger partial charge in [0.05, 0.1) is 17.7 Å². The van der Waals surface area contributed by atoms with Gasteiger partial charge in [-0.25, -0.2) is 18.0 Å². The molecule has 0 aliphatic heterocycles. The van der Waals surface area contributed by atoms with E-state index in [1.54, 1.807) is 19.1 Å². The van der Waals surface area contributed by atoms with Crippen LogP contribution in [0, 0.1) is 5.82 Å². The van der Waals surface area contributed by atoms with Crippen molar-refractivity contribution in [3.8, 4) is 5.75 Å². The summed E-state index contributed by atoms with van der Waals surface area (Å²) in [6, 6.07) is 7.12. The molecule has 0 amide bonds. The van der Waals surface area contributed by atoms with Crippen molar-refractivity contribution in [2.24, 2.45) is 0 Å². The smallest absolute Gasteiger partial charge is 0.343 e. The van der Waals surface area contributed by atoms with Gasteiger partial charge >= 0.3 is 5.63 Å². The summed E-state index contributed by atoms with van der Waals surface area (Å²) in [5, 5.41) is 25.3. The highest BCUT2D eigenvalue weighted by molar-refractivity contribution is 5.93. The molecular weight excluding hydrogens is 411 g/mol. The molecular formula is C23H22F3NO4. The van der Waals surface area contributed by atoms with Crippen molar-refractivity contribution in [3.05, 3.63) is 70.0 Å². The molecule has 3 aromatic rings. The fourth-order valence-corrected chi connectivity index (χ4v) is 4.54. The number of fused-ring (bicyclic) bond motifs is 2. The van der Waals surface area contributed by atoms with Crippen molar-refractivity contribution in [1.29, 1.82) is 0 Å². The van der Waals surface area contributed by atoms with Gasteiger partial charge in [0.2, 0.25) is 0 Å². The topological polar surface area (TPSA) is 82.7 Å². The van der Waals surface area contributed by atoms with Crippen LogP contribution in [0.1, 0.15) is 49.8 Å². The molecule has 0 saturated carbocycles. The van der Waals surface area contributed by atoms with Gasteiger partial charge in [0.15, 0.2) is 17.2 Å². The lowest BCUT2D eigenvalue weighted by Gasteiger charge is -2.47. The van der Waals surface area contributed by atoms with Crippen molar-refractivity contribution >= 4 is 16.5 Å². The number of rotatable bonds is 4. The molecule has 3 N–H and O–H groups in total. The van der Waals surface area contributed by atoms with Gasteiger partial charge in [0.25, 0.3) is 5.92 Å². The molecule has 1 aliphatic carbocycles. The normalized spacial score (nSPS) is 23.5. The van der Waals surface area contributed by atoms with Crippen molar-refractivity contribution < 1.29 is 27.8 Å². The Morgan fingerprint density at radius 2 is 1.97 bits per heavy atom. The summed E-state index contributed by atoms with van der Waals surface area (Å²) in [5.41, 5.74) is -2.42. The van der Waals surface area contributed by atoms with Gasteiger partial charge in [-0.1, -0.05) is 19.1 Å². The summed E-state index contributed by atoms with van der Waals surface area (Å²) in [7, 11) is 0. The van der Waals surface area contributed by atoms with Gasteiger partial charge in [0.1, 0.15) is 0 Å². The number of aliphatic hydroxyl groups is 1. The third-order valence-corrected chi connectivity index (χ3v) is 6.24. The first-order valence-electron chi connectivity index (χ1n) is 9.97. The molecule has 0 fully saturated rings. The molecule has 5 nitrogen and oxygen atoms in total. The van der Waals surface area contributed by atoms with Gasteiger partial charge in [-0.2, -0.15) is 0 Å². The van der Waals surface area contributed by atoms with Gasteiger partial charge in [0, 0.05) is 23.6 Å². The fourth-order valence-electron chi connectivity index (χ4n) is 4.54. The fraction of sp³-hybridized carbons (Fsp3) is 0.348. The maximum atomic E-state index is 14.8. The molecule has 4 rings (SSSR count). The Labute approximate surface area is 176 Å². The Bertz CT molecular complexity index is 1200. The van der Waals surface area contributed by atoms with Crippen LogP contribution in [0.25, 0.3) is 10.8 Å². The predicted molar refractivity (Wildman–Crippen MR) is 110 cm³/mol. The number of phenols is 1. The number of phenolic OH excluding ortho intramolecular Hbond substituents is 1. The summed E-state index contributed by atoms with van der Waals surface area (Å²) in [6.07, 6.45) is 1.13. The molecule has 0 unspecified atom stereocenters. The van der Waals surface area contributed by atoms with Crippen LogP contribution < -0.4 is 10.9 Å². The molecule has 2 aromatic carbocycles. The second-order valence-corrected chi connectivity index (χ2v) is 8.07. The highest BCUT2D eigenvalue weighted by Crippen LogP contribution is 2.54. The Morgan fingerprint density at radius 1 is 1.23 bits per heavy atom. The summed E-state index contributed by atoms with van der Waals surface area (Å²) in [5.74, 6) is -5.65. The molecule has 0 saturated heterocycles. The first kappa shape index (κ1) is 21.2. The van der Waals surface area contributed by atoms with Crippen LogP contribution in [0.2, 0.25) is 0 Å². The molecule has 0 bridgehead atoms. The van der Waals surface area contributed by atoms with Crippen LogP contribution in [0.5, 0.6) is 5.75 Å². The maximum absolute atomic E-state index is 14.8. The summed E-state index contributed by atoms with van der Waals surface area (Å²) < 4.78 is 48.6. The molecule has 8 heteroatoms. The highest BCUT2D eigenvalue weighted by Gasteiger charge is 2.58. The summed E-state index contributed by atoms with van der Waals surface area (Å²) in [4.78, 5) is 12.0. The first-order chi connectivity index (χ1) is 14.6. The molecule has 31 heavy (non-hydrogen) atoms. The number of benzene rings is 2. The van der Waals surface area contributed by atoms with Crippen LogP contribution in [0.4, 0.5) is 18.9 Å². The Balaban J connectivity index is 1.95. The third kappa shape index (κ3) is 3.26. The number of nitrogens with one attached hydrogen (secondary N) is 1. The lowest BCUT2D eigenvalue weighted by molar-refractivity contribution is -0.188. The minimum atomic E-state index is -3.52. The second-order valence-electron chi connectivity index (χ2n) is 8.07. The zero-order chi connectivity index (χ0) is 22.6. The van der Waals surface area contributed by atoms with Crippen LogP contribution in [-0.2, 0) is 0 Å². The van der Waals surface area contributed by atoms with Crippen molar-refractivity contribution in [3.63, 3.8) is 0 Å². The Kier molecular flexibility index (Phi) is 5.00. The molecule has 3 atom stereocenters. The van der Waals surface area contributed by atoms with Gasteiger partial charge < -0.3 is 19.9 Å². The number of halogens is 3. The largest absolute Gasteiger partial charge is 0.505 e. The molecule has 1 aromatic heterocycles. The lowest BCUT2D eigenvalue weighted by atomic mass is 9.67. The van der Waals surface area contributed by atoms with Crippen molar-refractivity contribution in [1.82, 2.24) is 0 Å². The summed E-state index contributed by atoms with van der Waals surface area (Å²) >= 11 is 0. The maximum Gasteiger partial charge on any atom is 0.343 e. The van der Waals surface area contributed by atoms with E-state index in [0.29, 0.717) is 24.4 Å². The van der Waals surface area contributed by atoms with Crippen LogP contribution in [-0.4, -0.2) is 21.7 Å². The zero-order valence-corrected chi connectivity index (χ0v) is 17.0. The molecule has 0 radical (unpaired) electrons. The molecule has 164 valence electrons. The van der Waals surface area contributed by atoms with Crippen LogP contribution >= 0.6 is 0 Å². The van der Waals surface area contributed by atoms with E-state index in [1.165, 1.54) is 24.5 Å². The van der Waals surface area contributed by atoms with Gasteiger partial charge in [-0.15, -0.1) is 0 Å². The first-order valence-corrected chi connectivity index (χ1v) is 9.97. The standard InChI is InChI=1S/C23H22F3NO4/c1-3-12-11-23(30,22(2,25)26)20(15-7-8-16(24)19(28)18(12)15)27-17-6-4-5-14-13(17)9-10-31-21(14)29/h4-10,12,20,27-28,30H,3,11H2,1-2H3/t12-,20-,23+/m0/s1. The minimum absolute atomic E-state index is 0.181. The average Bonchev–Trinajstić information content (AvgIpc) is 2.72. The van der Waals surface area contributed by atoms with Crippen LogP contribution in [0.3, 0.4) is 0 Å². The van der Waals surface area contributed by atoms with E-state index in [0.717, 1.165) is 6.07 Å². The molecule has 1 aliphatic rings. The lowest BCUT2D eigenvalue weighted by Crippen LogP contribution is -2.56. The quantitative estimate of drug-likeness (QED) is 0.535.